The summed E-state index contributed by atoms with van der Waals surface area (Å²) in [6.45, 7) is 2.81. The molecule has 0 aromatic heterocycles. The number of rotatable bonds is 4. The number of carbonyl (C=O) groups excluding carboxylic acids is 3. The molecule has 0 radical (unpaired) electrons. The summed E-state index contributed by atoms with van der Waals surface area (Å²) in [5.74, 6) is -1.61. The summed E-state index contributed by atoms with van der Waals surface area (Å²) < 4.78 is 0.860. The van der Waals surface area contributed by atoms with E-state index in [2.05, 4.69) is 31.8 Å². The van der Waals surface area contributed by atoms with Gasteiger partial charge in [0.2, 0.25) is 5.91 Å². The maximum Gasteiger partial charge on any atom is 0.329 e. The highest BCUT2D eigenvalue weighted by Crippen LogP contribution is 2.15. The topological polar surface area (TPSA) is 90.9 Å². The minimum atomic E-state index is -0.774. The molecule has 128 valence electrons. The van der Waals surface area contributed by atoms with Gasteiger partial charge in [-0.3, -0.25) is 14.4 Å². The number of halogens is 1. The molecular weight excluding hydrogens is 376 g/mol. The largest absolute Gasteiger partial charge is 0.334 e. The van der Waals surface area contributed by atoms with Crippen LogP contribution in [0.3, 0.4) is 0 Å². The molecule has 1 heterocycles. The fourth-order valence-corrected chi connectivity index (χ4v) is 2.70. The van der Waals surface area contributed by atoms with E-state index in [4.69, 9.17) is 0 Å². The lowest BCUT2D eigenvalue weighted by Crippen LogP contribution is -2.40. The molecule has 2 rings (SSSR count). The lowest BCUT2D eigenvalue weighted by molar-refractivity contribution is -0.145. The van der Waals surface area contributed by atoms with Crippen molar-refractivity contribution >= 4 is 45.1 Å². The quantitative estimate of drug-likeness (QED) is 0.464. The molecule has 1 aromatic carbocycles. The van der Waals surface area contributed by atoms with Gasteiger partial charge in [-0.2, -0.15) is 5.10 Å². The summed E-state index contributed by atoms with van der Waals surface area (Å²) >= 11 is 3.33. The van der Waals surface area contributed by atoms with Crippen LogP contribution in [0.25, 0.3) is 0 Å². The van der Waals surface area contributed by atoms with Crippen LogP contribution in [0.1, 0.15) is 26.2 Å². The second-order valence-electron chi connectivity index (χ2n) is 5.52. The first-order valence-electron chi connectivity index (χ1n) is 7.63. The Morgan fingerprint density at radius 2 is 1.96 bits per heavy atom. The second kappa shape index (κ2) is 8.58. The zero-order chi connectivity index (χ0) is 17.5. The zero-order valence-electron chi connectivity index (χ0n) is 13.3. The molecule has 1 aromatic rings. The van der Waals surface area contributed by atoms with E-state index in [-0.39, 0.29) is 12.3 Å². The summed E-state index contributed by atoms with van der Waals surface area (Å²) in [7, 11) is 0. The van der Waals surface area contributed by atoms with Crippen LogP contribution in [0.15, 0.2) is 33.8 Å². The molecular formula is C16H19BrN4O3. The van der Waals surface area contributed by atoms with E-state index in [0.29, 0.717) is 24.5 Å². The Morgan fingerprint density at radius 3 is 2.62 bits per heavy atom. The maximum atomic E-state index is 11.9. The smallest absolute Gasteiger partial charge is 0.329 e. The second-order valence-corrected chi connectivity index (χ2v) is 6.44. The van der Waals surface area contributed by atoms with E-state index in [1.54, 1.807) is 19.1 Å². The van der Waals surface area contributed by atoms with Gasteiger partial charge in [0.25, 0.3) is 0 Å². The number of likely N-dealkylation sites (tertiary alicyclic amines) is 1. The lowest BCUT2D eigenvalue weighted by Gasteiger charge is -2.13. The molecule has 1 saturated heterocycles. The molecule has 0 bridgehead atoms. The molecule has 24 heavy (non-hydrogen) atoms. The van der Waals surface area contributed by atoms with E-state index in [0.717, 1.165) is 17.3 Å². The maximum absolute atomic E-state index is 11.9. The van der Waals surface area contributed by atoms with Crippen molar-refractivity contribution in [3.63, 3.8) is 0 Å². The highest BCUT2D eigenvalue weighted by Gasteiger charge is 2.24. The standard InChI is InChI=1S/C16H19BrN4O3/c1-11(9-14(22)18-13-6-4-5-12(17)10-13)19-20-15(23)16(24)21-7-2-3-8-21/h4-6,10H,2-3,7-9H2,1H3,(H,18,22)(H,20,23)/b19-11-. The van der Waals surface area contributed by atoms with E-state index >= 15 is 0 Å². The van der Waals surface area contributed by atoms with Gasteiger partial charge in [-0.15, -0.1) is 0 Å². The Hall–Kier alpha value is -2.22. The molecule has 2 N–H and O–H groups in total. The van der Waals surface area contributed by atoms with Crippen LogP contribution in [-0.2, 0) is 14.4 Å². The van der Waals surface area contributed by atoms with Gasteiger partial charge in [0.1, 0.15) is 0 Å². The highest BCUT2D eigenvalue weighted by atomic mass is 79.9. The van der Waals surface area contributed by atoms with Gasteiger partial charge in [-0.05, 0) is 38.0 Å². The number of hydrazone groups is 1. The van der Waals surface area contributed by atoms with Crippen molar-refractivity contribution in [2.24, 2.45) is 5.10 Å². The van der Waals surface area contributed by atoms with Crippen molar-refractivity contribution < 1.29 is 14.4 Å². The van der Waals surface area contributed by atoms with E-state index in [9.17, 15) is 14.4 Å². The van der Waals surface area contributed by atoms with E-state index in [1.807, 2.05) is 12.1 Å². The molecule has 3 amide bonds. The van der Waals surface area contributed by atoms with Crippen LogP contribution in [0.4, 0.5) is 5.69 Å². The van der Waals surface area contributed by atoms with Gasteiger partial charge < -0.3 is 10.2 Å². The molecule has 0 unspecified atom stereocenters. The van der Waals surface area contributed by atoms with Gasteiger partial charge in [0, 0.05) is 29.0 Å². The van der Waals surface area contributed by atoms with Crippen LogP contribution in [-0.4, -0.2) is 41.4 Å². The summed E-state index contributed by atoms with van der Waals surface area (Å²) in [5.41, 5.74) is 3.28. The van der Waals surface area contributed by atoms with Crippen LogP contribution in [0, 0.1) is 0 Å². The Labute approximate surface area is 148 Å². The molecule has 1 aliphatic rings. The number of nitrogens with one attached hydrogen (secondary N) is 2. The Morgan fingerprint density at radius 1 is 1.25 bits per heavy atom. The fourth-order valence-electron chi connectivity index (χ4n) is 2.30. The predicted molar refractivity (Wildman–Crippen MR) is 94.5 cm³/mol. The van der Waals surface area contributed by atoms with Crippen molar-refractivity contribution in [3.8, 4) is 0 Å². The Balaban J connectivity index is 1.81. The highest BCUT2D eigenvalue weighted by molar-refractivity contribution is 9.10. The van der Waals surface area contributed by atoms with Crippen molar-refractivity contribution in [2.45, 2.75) is 26.2 Å². The third-order valence-corrected chi connectivity index (χ3v) is 3.95. The minimum absolute atomic E-state index is 0.0185. The van der Waals surface area contributed by atoms with Crippen LogP contribution in [0.2, 0.25) is 0 Å². The molecule has 1 aliphatic heterocycles. The van der Waals surface area contributed by atoms with Gasteiger partial charge in [0.15, 0.2) is 0 Å². The molecule has 0 atom stereocenters. The van der Waals surface area contributed by atoms with E-state index in [1.165, 1.54) is 4.90 Å². The molecule has 7 nitrogen and oxygen atoms in total. The van der Waals surface area contributed by atoms with Crippen LogP contribution >= 0.6 is 15.9 Å². The third-order valence-electron chi connectivity index (χ3n) is 3.46. The number of benzene rings is 1. The predicted octanol–water partition coefficient (Wildman–Crippen LogP) is 1.89. The number of carbonyl (C=O) groups is 3. The summed E-state index contributed by atoms with van der Waals surface area (Å²) in [5, 5.41) is 6.55. The van der Waals surface area contributed by atoms with Crippen molar-refractivity contribution in [1.29, 1.82) is 0 Å². The van der Waals surface area contributed by atoms with Crippen molar-refractivity contribution in [3.05, 3.63) is 28.7 Å². The summed E-state index contributed by atoms with van der Waals surface area (Å²) in [6.07, 6.45) is 1.85. The first-order valence-corrected chi connectivity index (χ1v) is 8.43. The van der Waals surface area contributed by atoms with Gasteiger partial charge in [-0.25, -0.2) is 5.43 Å². The number of anilines is 1. The van der Waals surface area contributed by atoms with Crippen LogP contribution in [0.5, 0.6) is 0 Å². The molecule has 0 aliphatic carbocycles. The fraction of sp³-hybridized carbons (Fsp3) is 0.375. The molecule has 0 spiro atoms. The zero-order valence-corrected chi connectivity index (χ0v) is 14.9. The lowest BCUT2D eigenvalue weighted by atomic mass is 10.2. The van der Waals surface area contributed by atoms with Gasteiger partial charge in [-0.1, -0.05) is 22.0 Å². The molecule has 1 fully saturated rings. The Bertz CT molecular complexity index is 669. The molecule has 8 heteroatoms. The number of amides is 3. The first kappa shape index (κ1) is 18.1. The number of hydrogen-bond acceptors (Lipinski definition) is 4. The van der Waals surface area contributed by atoms with Gasteiger partial charge >= 0.3 is 11.8 Å². The van der Waals surface area contributed by atoms with E-state index < -0.39 is 11.8 Å². The SMILES string of the molecule is C/C(CC(=O)Nc1cccc(Br)c1)=N/NC(=O)C(=O)N1CCCC1. The minimum Gasteiger partial charge on any atom is -0.334 e. The first-order chi connectivity index (χ1) is 11.5. The van der Waals surface area contributed by atoms with Crippen molar-refractivity contribution in [1.82, 2.24) is 10.3 Å². The van der Waals surface area contributed by atoms with Gasteiger partial charge in [0.05, 0.1) is 6.42 Å². The normalized spacial score (nSPS) is 14.4. The van der Waals surface area contributed by atoms with Crippen LogP contribution < -0.4 is 10.7 Å². The Kier molecular flexibility index (Phi) is 6.48. The number of hydrogen-bond donors (Lipinski definition) is 2. The average Bonchev–Trinajstić information content (AvgIpc) is 3.06. The van der Waals surface area contributed by atoms with Crippen molar-refractivity contribution in [2.75, 3.05) is 18.4 Å². The summed E-state index contributed by atoms with van der Waals surface area (Å²) in [6, 6.07) is 7.21. The third kappa shape index (κ3) is 5.45. The molecule has 0 saturated carbocycles. The summed E-state index contributed by atoms with van der Waals surface area (Å²) in [4.78, 5) is 37.0. The monoisotopic (exact) mass is 394 g/mol. The number of nitrogens with zero attached hydrogens (tertiary/aromatic N) is 2. The average molecular weight is 395 g/mol.